The van der Waals surface area contributed by atoms with Gasteiger partial charge >= 0.3 is 0 Å². The quantitative estimate of drug-likeness (QED) is 0.835. The summed E-state index contributed by atoms with van der Waals surface area (Å²) in [5.41, 5.74) is 6.17. The highest BCUT2D eigenvalue weighted by molar-refractivity contribution is 7.98. The summed E-state index contributed by atoms with van der Waals surface area (Å²) in [5, 5.41) is 3.03. The summed E-state index contributed by atoms with van der Waals surface area (Å²) < 4.78 is 12.4. The summed E-state index contributed by atoms with van der Waals surface area (Å²) >= 11 is 1.86. The SMILES string of the molecule is CCSC.NCCNc1ccc(F)cc1. The molecule has 3 N–H and O–H groups in total. The van der Waals surface area contributed by atoms with Gasteiger partial charge in [0.05, 0.1) is 0 Å². The Balaban J connectivity index is 0.000000423. The number of rotatable bonds is 4. The minimum absolute atomic E-state index is 0.219. The van der Waals surface area contributed by atoms with Crippen LogP contribution in [0.15, 0.2) is 24.3 Å². The van der Waals surface area contributed by atoms with Gasteiger partial charge in [-0.05, 0) is 36.3 Å². The van der Waals surface area contributed by atoms with Crippen LogP contribution >= 0.6 is 11.8 Å². The fraction of sp³-hybridized carbons (Fsp3) is 0.455. The minimum atomic E-state index is -0.219. The molecule has 0 unspecified atom stereocenters. The Hall–Kier alpha value is -0.740. The van der Waals surface area contributed by atoms with E-state index in [1.807, 2.05) is 11.8 Å². The van der Waals surface area contributed by atoms with Gasteiger partial charge < -0.3 is 11.1 Å². The van der Waals surface area contributed by atoms with Gasteiger partial charge in [0.25, 0.3) is 0 Å². The lowest BCUT2D eigenvalue weighted by Crippen LogP contribution is -2.12. The highest BCUT2D eigenvalue weighted by Gasteiger charge is 1.90. The fourth-order valence-electron chi connectivity index (χ4n) is 0.784. The number of nitrogens with one attached hydrogen (secondary N) is 1. The number of thioether (sulfide) groups is 1. The molecule has 15 heavy (non-hydrogen) atoms. The average Bonchev–Trinajstić information content (AvgIpc) is 2.29. The Bertz CT molecular complexity index is 237. The Kier molecular flexibility index (Phi) is 9.32. The van der Waals surface area contributed by atoms with Gasteiger partial charge in [-0.2, -0.15) is 11.8 Å². The number of hydrogen-bond acceptors (Lipinski definition) is 3. The van der Waals surface area contributed by atoms with Crippen LogP contribution in [0.2, 0.25) is 0 Å². The van der Waals surface area contributed by atoms with Gasteiger partial charge in [-0.1, -0.05) is 6.92 Å². The van der Waals surface area contributed by atoms with Crippen LogP contribution < -0.4 is 11.1 Å². The predicted molar refractivity (Wildman–Crippen MR) is 68.0 cm³/mol. The zero-order valence-electron chi connectivity index (χ0n) is 9.29. The van der Waals surface area contributed by atoms with Gasteiger partial charge in [0.1, 0.15) is 5.82 Å². The molecular weight excluding hydrogens is 211 g/mol. The van der Waals surface area contributed by atoms with Gasteiger partial charge in [-0.25, -0.2) is 4.39 Å². The topological polar surface area (TPSA) is 38.0 Å². The molecule has 0 aliphatic heterocycles. The van der Waals surface area contributed by atoms with Crippen LogP contribution in [0.25, 0.3) is 0 Å². The largest absolute Gasteiger partial charge is 0.384 e. The maximum Gasteiger partial charge on any atom is 0.123 e. The molecule has 0 aliphatic rings. The summed E-state index contributed by atoms with van der Waals surface area (Å²) in [7, 11) is 0. The molecule has 0 aromatic heterocycles. The summed E-state index contributed by atoms with van der Waals surface area (Å²) in [6, 6.07) is 6.20. The van der Waals surface area contributed by atoms with Crippen molar-refractivity contribution in [3.63, 3.8) is 0 Å². The summed E-state index contributed by atoms with van der Waals surface area (Å²) in [4.78, 5) is 0. The van der Waals surface area contributed by atoms with Crippen molar-refractivity contribution in [2.75, 3.05) is 30.4 Å². The first-order valence-corrected chi connectivity index (χ1v) is 6.32. The Labute approximate surface area is 95.4 Å². The van der Waals surface area contributed by atoms with Crippen molar-refractivity contribution in [2.45, 2.75) is 6.92 Å². The number of anilines is 1. The molecule has 0 amide bonds. The number of hydrogen-bond donors (Lipinski definition) is 2. The van der Waals surface area contributed by atoms with E-state index < -0.39 is 0 Å². The second kappa shape index (κ2) is 9.80. The van der Waals surface area contributed by atoms with E-state index in [1.54, 1.807) is 12.1 Å². The van der Waals surface area contributed by atoms with Crippen LogP contribution in [0.4, 0.5) is 10.1 Å². The lowest BCUT2D eigenvalue weighted by atomic mass is 10.3. The molecule has 0 fully saturated rings. The second-order valence-corrected chi connectivity index (χ2v) is 3.95. The molecule has 0 heterocycles. The molecule has 1 aromatic rings. The van der Waals surface area contributed by atoms with E-state index in [2.05, 4.69) is 18.5 Å². The summed E-state index contributed by atoms with van der Waals surface area (Å²) in [5.74, 6) is 1.02. The molecule has 0 spiro atoms. The van der Waals surface area contributed by atoms with E-state index in [0.29, 0.717) is 13.1 Å². The normalized spacial score (nSPS) is 9.07. The van der Waals surface area contributed by atoms with Crippen LogP contribution in [-0.4, -0.2) is 25.1 Å². The first-order chi connectivity index (χ1) is 7.24. The van der Waals surface area contributed by atoms with Crippen molar-refractivity contribution >= 4 is 17.4 Å². The maximum atomic E-state index is 12.4. The molecule has 1 aromatic carbocycles. The van der Waals surface area contributed by atoms with Crippen LogP contribution in [0.1, 0.15) is 6.92 Å². The highest BCUT2D eigenvalue weighted by atomic mass is 32.2. The molecule has 0 saturated heterocycles. The smallest absolute Gasteiger partial charge is 0.123 e. The van der Waals surface area contributed by atoms with E-state index >= 15 is 0 Å². The minimum Gasteiger partial charge on any atom is -0.384 e. The van der Waals surface area contributed by atoms with Crippen LogP contribution in [0.3, 0.4) is 0 Å². The van der Waals surface area contributed by atoms with Crippen molar-refractivity contribution in [3.05, 3.63) is 30.1 Å². The molecule has 86 valence electrons. The zero-order valence-corrected chi connectivity index (χ0v) is 10.1. The van der Waals surface area contributed by atoms with Gasteiger partial charge in [-0.3, -0.25) is 0 Å². The van der Waals surface area contributed by atoms with Gasteiger partial charge in [0, 0.05) is 18.8 Å². The Morgan fingerprint density at radius 2 is 1.87 bits per heavy atom. The molecule has 2 nitrogen and oxygen atoms in total. The van der Waals surface area contributed by atoms with Crippen molar-refractivity contribution in [2.24, 2.45) is 5.73 Å². The first-order valence-electron chi connectivity index (χ1n) is 4.93. The molecule has 0 atom stereocenters. The maximum absolute atomic E-state index is 12.4. The summed E-state index contributed by atoms with van der Waals surface area (Å²) in [6.07, 6.45) is 2.10. The van der Waals surface area contributed by atoms with Gasteiger partial charge in [0.15, 0.2) is 0 Å². The van der Waals surface area contributed by atoms with Crippen LogP contribution in [-0.2, 0) is 0 Å². The van der Waals surface area contributed by atoms with Crippen molar-refractivity contribution in [1.82, 2.24) is 0 Å². The first kappa shape index (κ1) is 14.3. The average molecular weight is 230 g/mol. The Morgan fingerprint density at radius 1 is 1.33 bits per heavy atom. The number of benzene rings is 1. The van der Waals surface area contributed by atoms with Gasteiger partial charge in [0.2, 0.25) is 0 Å². The third kappa shape index (κ3) is 8.27. The van der Waals surface area contributed by atoms with E-state index in [9.17, 15) is 4.39 Å². The highest BCUT2D eigenvalue weighted by Crippen LogP contribution is 2.06. The van der Waals surface area contributed by atoms with E-state index in [4.69, 9.17) is 5.73 Å². The predicted octanol–water partition coefficient (Wildman–Crippen LogP) is 2.57. The van der Waals surface area contributed by atoms with E-state index in [-0.39, 0.29) is 5.82 Å². The molecule has 0 radical (unpaired) electrons. The lowest BCUT2D eigenvalue weighted by molar-refractivity contribution is 0.628. The number of nitrogens with two attached hydrogens (primary N) is 1. The third-order valence-electron chi connectivity index (χ3n) is 1.61. The Morgan fingerprint density at radius 3 is 2.27 bits per heavy atom. The second-order valence-electron chi connectivity index (χ2n) is 2.80. The molecule has 4 heteroatoms. The molecular formula is C11H19FN2S. The summed E-state index contributed by atoms with van der Waals surface area (Å²) in [6.45, 7) is 3.44. The van der Waals surface area contributed by atoms with E-state index in [0.717, 1.165) is 5.69 Å². The van der Waals surface area contributed by atoms with Crippen molar-refractivity contribution in [3.8, 4) is 0 Å². The standard InChI is InChI=1S/C8H11FN2.C3H8S/c9-7-1-3-8(4-2-7)11-6-5-10;1-3-4-2/h1-4,11H,5-6,10H2;3H2,1-2H3. The van der Waals surface area contributed by atoms with Crippen LogP contribution in [0.5, 0.6) is 0 Å². The monoisotopic (exact) mass is 230 g/mol. The van der Waals surface area contributed by atoms with E-state index in [1.165, 1.54) is 17.9 Å². The van der Waals surface area contributed by atoms with Crippen LogP contribution in [0, 0.1) is 5.82 Å². The molecule has 0 aliphatic carbocycles. The zero-order chi connectivity index (χ0) is 11.5. The van der Waals surface area contributed by atoms with Gasteiger partial charge in [-0.15, -0.1) is 0 Å². The lowest BCUT2D eigenvalue weighted by Gasteiger charge is -2.02. The number of halogens is 1. The molecule has 0 bridgehead atoms. The fourth-order valence-corrected chi connectivity index (χ4v) is 0.784. The van der Waals surface area contributed by atoms with Crippen molar-refractivity contribution in [1.29, 1.82) is 0 Å². The third-order valence-corrected chi connectivity index (χ3v) is 2.18. The molecule has 1 rings (SSSR count). The molecule has 0 saturated carbocycles. The van der Waals surface area contributed by atoms with Crippen molar-refractivity contribution < 1.29 is 4.39 Å².